The summed E-state index contributed by atoms with van der Waals surface area (Å²) in [6, 6.07) is 0. The summed E-state index contributed by atoms with van der Waals surface area (Å²) < 4.78 is 30.7. The van der Waals surface area contributed by atoms with Gasteiger partial charge < -0.3 is 9.84 Å². The number of amides is 1. The number of ether oxygens (including phenoxy) is 1. The average Bonchev–Trinajstić information content (AvgIpc) is 2.11. The van der Waals surface area contributed by atoms with Gasteiger partial charge in [-0.15, -0.1) is 0 Å². The topological polar surface area (TPSA) is 105 Å². The maximum atomic E-state index is 11.3. The van der Waals surface area contributed by atoms with E-state index in [-0.39, 0.29) is 13.2 Å². The smallest absolute Gasteiger partial charge is 0.421 e. The Labute approximate surface area is 94.4 Å². The standard InChI is InChI=1S/C8H16N2O5S/c1-2-15-7(11)10-16(13,14)9-6-8(12)4-3-5-8/h9,12H,2-6H2,1H3,(H,10,11). The van der Waals surface area contributed by atoms with E-state index in [0.717, 1.165) is 6.42 Å². The molecule has 1 rings (SSSR count). The van der Waals surface area contributed by atoms with Crippen LogP contribution in [0.15, 0.2) is 0 Å². The fourth-order valence-corrected chi connectivity index (χ4v) is 2.11. The Morgan fingerprint density at radius 3 is 2.56 bits per heavy atom. The summed E-state index contributed by atoms with van der Waals surface area (Å²) in [7, 11) is -3.95. The highest BCUT2D eigenvalue weighted by molar-refractivity contribution is 7.88. The van der Waals surface area contributed by atoms with E-state index in [9.17, 15) is 18.3 Å². The fraction of sp³-hybridized carbons (Fsp3) is 0.875. The van der Waals surface area contributed by atoms with Crippen LogP contribution in [0.5, 0.6) is 0 Å². The van der Waals surface area contributed by atoms with Gasteiger partial charge in [-0.1, -0.05) is 0 Å². The lowest BCUT2D eigenvalue weighted by atomic mass is 9.81. The number of hydrogen-bond donors (Lipinski definition) is 3. The molecule has 0 aromatic rings. The largest absolute Gasteiger partial charge is 0.449 e. The molecule has 1 fully saturated rings. The van der Waals surface area contributed by atoms with Crippen LogP contribution in [0.4, 0.5) is 4.79 Å². The third-order valence-electron chi connectivity index (χ3n) is 2.37. The zero-order valence-corrected chi connectivity index (χ0v) is 9.84. The second-order valence-corrected chi connectivity index (χ2v) is 5.22. The highest BCUT2D eigenvalue weighted by atomic mass is 32.2. The number of nitrogens with one attached hydrogen (secondary N) is 2. The lowest BCUT2D eigenvalue weighted by Crippen LogP contribution is -2.51. The number of rotatable bonds is 5. The molecule has 0 unspecified atom stereocenters. The van der Waals surface area contributed by atoms with E-state index in [4.69, 9.17) is 0 Å². The number of hydrogen-bond acceptors (Lipinski definition) is 5. The van der Waals surface area contributed by atoms with E-state index in [1.54, 1.807) is 11.6 Å². The molecule has 94 valence electrons. The Morgan fingerprint density at radius 2 is 2.12 bits per heavy atom. The first kappa shape index (κ1) is 13.2. The Hall–Kier alpha value is -0.860. The summed E-state index contributed by atoms with van der Waals surface area (Å²) in [5, 5.41) is 9.64. The second-order valence-electron chi connectivity index (χ2n) is 3.72. The van der Waals surface area contributed by atoms with E-state index >= 15 is 0 Å². The molecule has 1 amide bonds. The summed E-state index contributed by atoms with van der Waals surface area (Å²) in [4.78, 5) is 10.9. The van der Waals surface area contributed by atoms with Crippen LogP contribution in [0.2, 0.25) is 0 Å². The van der Waals surface area contributed by atoms with Crippen LogP contribution in [-0.4, -0.2) is 38.4 Å². The zero-order valence-electron chi connectivity index (χ0n) is 9.02. The third-order valence-corrected chi connectivity index (χ3v) is 3.33. The lowest BCUT2D eigenvalue weighted by Gasteiger charge is -2.36. The molecule has 0 aliphatic heterocycles. The van der Waals surface area contributed by atoms with E-state index in [1.807, 2.05) is 0 Å². The van der Waals surface area contributed by atoms with Crippen LogP contribution in [0.3, 0.4) is 0 Å². The Kier molecular flexibility index (Phi) is 4.11. The van der Waals surface area contributed by atoms with Crippen molar-refractivity contribution in [3.05, 3.63) is 0 Å². The van der Waals surface area contributed by atoms with Crippen LogP contribution in [-0.2, 0) is 14.9 Å². The van der Waals surface area contributed by atoms with Gasteiger partial charge in [0.2, 0.25) is 0 Å². The summed E-state index contributed by atoms with van der Waals surface area (Å²) >= 11 is 0. The zero-order chi connectivity index (χ0) is 12.2. The maximum absolute atomic E-state index is 11.3. The molecule has 3 N–H and O–H groups in total. The van der Waals surface area contributed by atoms with Crippen molar-refractivity contribution in [1.29, 1.82) is 0 Å². The Balaban J connectivity index is 2.36. The maximum Gasteiger partial charge on any atom is 0.421 e. The van der Waals surface area contributed by atoms with Gasteiger partial charge in [-0.3, -0.25) is 0 Å². The van der Waals surface area contributed by atoms with E-state index in [0.29, 0.717) is 12.8 Å². The number of carbonyl (C=O) groups excluding carboxylic acids is 1. The average molecular weight is 252 g/mol. The minimum Gasteiger partial charge on any atom is -0.449 e. The molecule has 0 bridgehead atoms. The van der Waals surface area contributed by atoms with E-state index in [1.165, 1.54) is 0 Å². The molecule has 0 heterocycles. The number of aliphatic hydroxyl groups is 1. The Morgan fingerprint density at radius 1 is 1.50 bits per heavy atom. The van der Waals surface area contributed by atoms with E-state index < -0.39 is 21.9 Å². The molecule has 16 heavy (non-hydrogen) atoms. The first-order valence-corrected chi connectivity index (χ1v) is 6.52. The SMILES string of the molecule is CCOC(=O)NS(=O)(=O)NCC1(O)CCC1. The van der Waals surface area contributed by atoms with Gasteiger partial charge in [0.25, 0.3) is 0 Å². The van der Waals surface area contributed by atoms with Gasteiger partial charge in [0, 0.05) is 6.54 Å². The second kappa shape index (κ2) is 4.98. The molecule has 0 aromatic heterocycles. The van der Waals surface area contributed by atoms with Crippen LogP contribution >= 0.6 is 0 Å². The van der Waals surface area contributed by atoms with Crippen molar-refractivity contribution in [2.45, 2.75) is 31.8 Å². The van der Waals surface area contributed by atoms with Crippen molar-refractivity contribution in [3.63, 3.8) is 0 Å². The van der Waals surface area contributed by atoms with Gasteiger partial charge >= 0.3 is 16.3 Å². The summed E-state index contributed by atoms with van der Waals surface area (Å²) in [6.45, 7) is 1.56. The van der Waals surface area contributed by atoms with Gasteiger partial charge in [0.15, 0.2) is 0 Å². The van der Waals surface area contributed by atoms with Crippen molar-refractivity contribution < 1.29 is 23.1 Å². The van der Waals surface area contributed by atoms with Crippen molar-refractivity contribution in [3.8, 4) is 0 Å². The highest BCUT2D eigenvalue weighted by Gasteiger charge is 2.35. The first-order chi connectivity index (χ1) is 7.37. The quantitative estimate of drug-likeness (QED) is 0.610. The highest BCUT2D eigenvalue weighted by Crippen LogP contribution is 2.30. The minimum absolute atomic E-state index is 0.0886. The molecule has 0 radical (unpaired) electrons. The molecule has 0 atom stereocenters. The molecular weight excluding hydrogens is 236 g/mol. The molecule has 1 aliphatic rings. The fourth-order valence-electron chi connectivity index (χ4n) is 1.30. The third kappa shape index (κ3) is 3.95. The molecule has 0 aromatic carbocycles. The van der Waals surface area contributed by atoms with E-state index in [2.05, 4.69) is 9.46 Å². The van der Waals surface area contributed by atoms with Crippen LogP contribution < -0.4 is 9.44 Å². The Bertz CT molecular complexity index is 349. The van der Waals surface area contributed by atoms with Crippen LogP contribution in [0, 0.1) is 0 Å². The summed E-state index contributed by atoms with van der Waals surface area (Å²) in [5.41, 5.74) is -0.969. The first-order valence-electron chi connectivity index (χ1n) is 5.03. The van der Waals surface area contributed by atoms with Crippen molar-refractivity contribution >= 4 is 16.3 Å². The molecule has 0 spiro atoms. The molecule has 8 heteroatoms. The predicted octanol–water partition coefficient (Wildman–Crippen LogP) is -0.518. The molecule has 0 saturated heterocycles. The monoisotopic (exact) mass is 252 g/mol. The van der Waals surface area contributed by atoms with Gasteiger partial charge in [-0.2, -0.15) is 13.1 Å². The van der Waals surface area contributed by atoms with Gasteiger partial charge in [0.05, 0.1) is 12.2 Å². The molecular formula is C8H16N2O5S. The van der Waals surface area contributed by atoms with Gasteiger partial charge in [0.1, 0.15) is 0 Å². The van der Waals surface area contributed by atoms with Crippen molar-refractivity contribution in [1.82, 2.24) is 9.44 Å². The molecule has 1 aliphatic carbocycles. The number of carbonyl (C=O) groups is 1. The summed E-state index contributed by atoms with van der Waals surface area (Å²) in [5.74, 6) is 0. The molecule has 1 saturated carbocycles. The van der Waals surface area contributed by atoms with Crippen molar-refractivity contribution in [2.24, 2.45) is 0 Å². The summed E-state index contributed by atoms with van der Waals surface area (Å²) in [6.07, 6.45) is 0.975. The van der Waals surface area contributed by atoms with Crippen LogP contribution in [0.1, 0.15) is 26.2 Å². The minimum atomic E-state index is -3.95. The molecule has 7 nitrogen and oxygen atoms in total. The van der Waals surface area contributed by atoms with Gasteiger partial charge in [-0.25, -0.2) is 9.52 Å². The van der Waals surface area contributed by atoms with Crippen LogP contribution in [0.25, 0.3) is 0 Å². The normalized spacial score (nSPS) is 18.6. The van der Waals surface area contributed by atoms with Crippen molar-refractivity contribution in [2.75, 3.05) is 13.2 Å². The lowest BCUT2D eigenvalue weighted by molar-refractivity contribution is -0.0271. The predicted molar refractivity (Wildman–Crippen MR) is 55.9 cm³/mol. The van der Waals surface area contributed by atoms with Gasteiger partial charge in [-0.05, 0) is 26.2 Å².